The van der Waals surface area contributed by atoms with Gasteiger partial charge in [0.1, 0.15) is 17.1 Å². The molecule has 0 radical (unpaired) electrons. The monoisotopic (exact) mass is 469 g/mol. The van der Waals surface area contributed by atoms with Crippen LogP contribution in [0.1, 0.15) is 33.4 Å². The molecular formula is C22H23N5O5S. The van der Waals surface area contributed by atoms with Gasteiger partial charge >= 0.3 is 5.97 Å². The second kappa shape index (κ2) is 11.1. The normalized spacial score (nSPS) is 10.5. The van der Waals surface area contributed by atoms with Gasteiger partial charge in [0, 0.05) is 13.2 Å². The predicted octanol–water partition coefficient (Wildman–Crippen LogP) is 2.51. The molecule has 0 atom stereocenters. The molecule has 2 aromatic heterocycles. The lowest BCUT2D eigenvalue weighted by atomic mass is 10.1. The second-order valence-corrected chi connectivity index (χ2v) is 7.64. The van der Waals surface area contributed by atoms with E-state index < -0.39 is 5.97 Å². The van der Waals surface area contributed by atoms with Gasteiger partial charge in [-0.3, -0.25) is 9.59 Å². The number of nitrogens with one attached hydrogen (secondary N) is 1. The number of nitrogens with two attached hydrogens (primary N) is 1. The number of amides is 2. The number of anilines is 2. The first kappa shape index (κ1) is 23.8. The summed E-state index contributed by atoms with van der Waals surface area (Å²) >= 11 is 1.06. The maximum atomic E-state index is 12.8. The molecule has 0 bridgehead atoms. The van der Waals surface area contributed by atoms with Gasteiger partial charge in [0.2, 0.25) is 5.91 Å². The fourth-order valence-electron chi connectivity index (χ4n) is 2.81. The van der Waals surface area contributed by atoms with Gasteiger partial charge in [-0.2, -0.15) is 0 Å². The summed E-state index contributed by atoms with van der Waals surface area (Å²) in [4.78, 5) is 46.8. The van der Waals surface area contributed by atoms with Crippen molar-refractivity contribution in [2.75, 3.05) is 30.0 Å². The third-order valence-corrected chi connectivity index (χ3v) is 5.35. The summed E-state index contributed by atoms with van der Waals surface area (Å²) in [5, 5.41) is 3.02. The number of ether oxygens (including phenoxy) is 1. The van der Waals surface area contributed by atoms with E-state index in [1.54, 1.807) is 50.4 Å². The highest BCUT2D eigenvalue weighted by Gasteiger charge is 2.20. The Bertz CT molecular complexity index is 1140. The number of hydrogen-bond donors (Lipinski definition) is 2. The fraction of sp³-hybridized carbons (Fsp3) is 0.227. The molecular weight excluding hydrogens is 446 g/mol. The maximum absolute atomic E-state index is 12.8. The van der Waals surface area contributed by atoms with Crippen LogP contribution < -0.4 is 16.0 Å². The van der Waals surface area contributed by atoms with Crippen molar-refractivity contribution in [2.45, 2.75) is 18.6 Å². The summed E-state index contributed by atoms with van der Waals surface area (Å²) in [7, 11) is 1.58. The average molecular weight is 470 g/mol. The van der Waals surface area contributed by atoms with Crippen LogP contribution in [-0.2, 0) is 16.1 Å². The Morgan fingerprint density at radius 1 is 1.18 bits per heavy atom. The number of nitrogens with zero attached hydrogens (tertiary/aromatic N) is 3. The first-order valence-electron chi connectivity index (χ1n) is 9.99. The van der Waals surface area contributed by atoms with Gasteiger partial charge in [-0.05, 0) is 31.2 Å². The minimum absolute atomic E-state index is 0.00293. The van der Waals surface area contributed by atoms with E-state index in [4.69, 9.17) is 14.9 Å². The van der Waals surface area contributed by atoms with E-state index in [2.05, 4.69) is 15.3 Å². The summed E-state index contributed by atoms with van der Waals surface area (Å²) in [6, 6.07) is 10.3. The molecule has 11 heteroatoms. The van der Waals surface area contributed by atoms with Gasteiger partial charge in [-0.15, -0.1) is 0 Å². The molecule has 0 fully saturated rings. The van der Waals surface area contributed by atoms with Crippen LogP contribution in [0.5, 0.6) is 0 Å². The van der Waals surface area contributed by atoms with Gasteiger partial charge < -0.3 is 25.1 Å². The van der Waals surface area contributed by atoms with E-state index in [0.717, 1.165) is 11.8 Å². The standard InChI is InChI=1S/C22H23N5O5S/c1-3-31-21(30)16-12-25-22(26-19(16)23)33-13-18(28)27(2)17-9-5-4-8-15(17)20(29)24-11-14-7-6-10-32-14/h4-10,12H,3,11,13H2,1-2H3,(H,24,29)(H2,23,25,26). The zero-order valence-electron chi connectivity index (χ0n) is 18.1. The fourth-order valence-corrected chi connectivity index (χ4v) is 3.54. The number of esters is 1. The summed E-state index contributed by atoms with van der Waals surface area (Å²) in [6.45, 7) is 2.12. The molecule has 2 heterocycles. The number of furan rings is 1. The number of nitrogen functional groups attached to an aromatic ring is 1. The maximum Gasteiger partial charge on any atom is 0.343 e. The van der Waals surface area contributed by atoms with E-state index in [0.29, 0.717) is 17.0 Å². The van der Waals surface area contributed by atoms with Crippen LogP contribution in [0.2, 0.25) is 0 Å². The molecule has 3 aromatic rings. The molecule has 3 rings (SSSR count). The Kier molecular flexibility index (Phi) is 8.03. The first-order valence-corrected chi connectivity index (χ1v) is 11.0. The minimum Gasteiger partial charge on any atom is -0.467 e. The number of carbonyl (C=O) groups excluding carboxylic acids is 3. The second-order valence-electron chi connectivity index (χ2n) is 6.69. The van der Waals surface area contributed by atoms with Gasteiger partial charge in [-0.1, -0.05) is 23.9 Å². The topological polar surface area (TPSA) is 141 Å². The minimum atomic E-state index is -0.607. The van der Waals surface area contributed by atoms with Crippen molar-refractivity contribution < 1.29 is 23.5 Å². The Hall–Kier alpha value is -3.86. The molecule has 1 aromatic carbocycles. The molecule has 33 heavy (non-hydrogen) atoms. The SMILES string of the molecule is CCOC(=O)c1cnc(SCC(=O)N(C)c2ccccc2C(=O)NCc2ccco2)nc1N. The van der Waals surface area contributed by atoms with E-state index in [-0.39, 0.29) is 47.3 Å². The Labute approximate surface area is 194 Å². The number of hydrogen-bond acceptors (Lipinski definition) is 9. The van der Waals surface area contributed by atoms with Crippen molar-refractivity contribution in [2.24, 2.45) is 0 Å². The predicted molar refractivity (Wildman–Crippen MR) is 123 cm³/mol. The highest BCUT2D eigenvalue weighted by atomic mass is 32.2. The van der Waals surface area contributed by atoms with Crippen molar-refractivity contribution in [1.82, 2.24) is 15.3 Å². The summed E-state index contributed by atoms with van der Waals surface area (Å²) in [5.41, 5.74) is 6.69. The van der Waals surface area contributed by atoms with E-state index >= 15 is 0 Å². The van der Waals surface area contributed by atoms with Gasteiger partial charge in [0.05, 0.1) is 36.4 Å². The lowest BCUT2D eigenvalue weighted by Crippen LogP contribution is -2.31. The molecule has 0 aliphatic carbocycles. The Balaban J connectivity index is 1.64. The van der Waals surface area contributed by atoms with Crippen LogP contribution in [0.4, 0.5) is 11.5 Å². The number of rotatable bonds is 9. The molecule has 0 unspecified atom stereocenters. The van der Waals surface area contributed by atoms with Crippen LogP contribution in [0, 0.1) is 0 Å². The zero-order chi connectivity index (χ0) is 23.8. The van der Waals surface area contributed by atoms with Crippen LogP contribution in [0.15, 0.2) is 58.4 Å². The molecule has 0 aliphatic rings. The first-order chi connectivity index (χ1) is 15.9. The third kappa shape index (κ3) is 6.10. The molecule has 10 nitrogen and oxygen atoms in total. The van der Waals surface area contributed by atoms with Crippen LogP contribution in [0.25, 0.3) is 0 Å². The van der Waals surface area contributed by atoms with Crippen molar-refractivity contribution >= 4 is 41.1 Å². The molecule has 2 amide bonds. The molecule has 172 valence electrons. The van der Waals surface area contributed by atoms with Crippen molar-refractivity contribution in [1.29, 1.82) is 0 Å². The molecule has 0 saturated heterocycles. The van der Waals surface area contributed by atoms with Crippen molar-refractivity contribution in [3.63, 3.8) is 0 Å². The Morgan fingerprint density at radius 3 is 2.67 bits per heavy atom. The van der Waals surface area contributed by atoms with E-state index in [9.17, 15) is 14.4 Å². The number of thioether (sulfide) groups is 1. The van der Waals surface area contributed by atoms with Gasteiger partial charge in [0.25, 0.3) is 5.91 Å². The quantitative estimate of drug-likeness (QED) is 0.275. The lowest BCUT2D eigenvalue weighted by molar-refractivity contribution is -0.115. The average Bonchev–Trinajstić information content (AvgIpc) is 3.34. The number of para-hydroxylation sites is 1. The molecule has 0 aliphatic heterocycles. The summed E-state index contributed by atoms with van der Waals surface area (Å²) < 4.78 is 10.1. The van der Waals surface area contributed by atoms with Crippen molar-refractivity contribution in [3.8, 4) is 0 Å². The number of aromatic nitrogens is 2. The largest absolute Gasteiger partial charge is 0.467 e. The molecule has 0 spiro atoms. The zero-order valence-corrected chi connectivity index (χ0v) is 18.9. The lowest BCUT2D eigenvalue weighted by Gasteiger charge is -2.20. The number of carbonyl (C=O) groups is 3. The van der Waals surface area contributed by atoms with E-state index in [1.807, 2.05) is 0 Å². The van der Waals surface area contributed by atoms with Crippen LogP contribution in [-0.4, -0.2) is 47.2 Å². The van der Waals surface area contributed by atoms with Crippen LogP contribution in [0.3, 0.4) is 0 Å². The molecule has 3 N–H and O–H groups in total. The number of benzene rings is 1. The van der Waals surface area contributed by atoms with Crippen LogP contribution >= 0.6 is 11.8 Å². The highest BCUT2D eigenvalue weighted by Crippen LogP contribution is 2.22. The molecule has 0 saturated carbocycles. The Morgan fingerprint density at radius 2 is 1.97 bits per heavy atom. The highest BCUT2D eigenvalue weighted by molar-refractivity contribution is 7.99. The van der Waals surface area contributed by atoms with E-state index in [1.165, 1.54) is 17.4 Å². The van der Waals surface area contributed by atoms with Gasteiger partial charge in [0.15, 0.2) is 5.16 Å². The summed E-state index contributed by atoms with van der Waals surface area (Å²) in [6.07, 6.45) is 2.80. The third-order valence-electron chi connectivity index (χ3n) is 4.50. The van der Waals surface area contributed by atoms with Crippen molar-refractivity contribution in [3.05, 3.63) is 65.7 Å². The smallest absolute Gasteiger partial charge is 0.343 e. The summed E-state index contributed by atoms with van der Waals surface area (Å²) in [5.74, 6) is -0.621. The van der Waals surface area contributed by atoms with Gasteiger partial charge in [-0.25, -0.2) is 14.8 Å².